The van der Waals surface area contributed by atoms with Crippen LogP contribution in [0.2, 0.25) is 0 Å². The van der Waals surface area contributed by atoms with Crippen molar-refractivity contribution in [3.05, 3.63) is 60.2 Å². The summed E-state index contributed by atoms with van der Waals surface area (Å²) in [5.74, 6) is -0.646. The van der Waals surface area contributed by atoms with E-state index in [0.29, 0.717) is 18.5 Å². The zero-order valence-corrected chi connectivity index (χ0v) is 19.3. The first-order chi connectivity index (χ1) is 16.5. The lowest BCUT2D eigenvalue weighted by Gasteiger charge is -2.36. The molecule has 3 aliphatic rings. The standard InChI is InChI=1S/C26H31N5O3/c32-23(19-31-24(33)26(28-25(31)34)12-4-5-13-26)27-21-8-10-22(11-9-21)30-16-14-29(15-17-30)18-20-6-2-1-3-7-20/h1-3,6-11H,4-5,12-19H2,(H,27,32)(H,28,34). The molecule has 34 heavy (non-hydrogen) atoms. The monoisotopic (exact) mass is 461 g/mol. The van der Waals surface area contributed by atoms with E-state index in [1.807, 2.05) is 30.3 Å². The fraction of sp³-hybridized carbons (Fsp3) is 0.423. The number of carbonyl (C=O) groups is 3. The fourth-order valence-electron chi connectivity index (χ4n) is 5.24. The van der Waals surface area contributed by atoms with Gasteiger partial charge in [-0.05, 0) is 42.7 Å². The van der Waals surface area contributed by atoms with Crippen LogP contribution in [0.4, 0.5) is 16.2 Å². The highest BCUT2D eigenvalue weighted by atomic mass is 16.2. The molecule has 0 aromatic heterocycles. The van der Waals surface area contributed by atoms with Gasteiger partial charge in [0.1, 0.15) is 12.1 Å². The quantitative estimate of drug-likeness (QED) is 0.647. The minimum absolute atomic E-state index is 0.266. The van der Waals surface area contributed by atoms with Gasteiger partial charge in [0.25, 0.3) is 5.91 Å². The smallest absolute Gasteiger partial charge is 0.325 e. The molecule has 0 bridgehead atoms. The summed E-state index contributed by atoms with van der Waals surface area (Å²) in [4.78, 5) is 43.4. The lowest BCUT2D eigenvalue weighted by atomic mass is 9.98. The molecular weight excluding hydrogens is 430 g/mol. The van der Waals surface area contributed by atoms with Crippen molar-refractivity contribution in [3.8, 4) is 0 Å². The van der Waals surface area contributed by atoms with Crippen LogP contribution in [0.15, 0.2) is 54.6 Å². The molecule has 1 spiro atoms. The number of anilines is 2. The molecule has 5 rings (SSSR count). The van der Waals surface area contributed by atoms with Crippen LogP contribution in [-0.2, 0) is 16.1 Å². The number of nitrogens with one attached hydrogen (secondary N) is 2. The Morgan fingerprint density at radius 3 is 2.26 bits per heavy atom. The Bertz CT molecular complexity index is 1040. The summed E-state index contributed by atoms with van der Waals surface area (Å²) in [5.41, 5.74) is 2.32. The molecule has 2 aromatic carbocycles. The Labute approximate surface area is 199 Å². The molecule has 178 valence electrons. The summed E-state index contributed by atoms with van der Waals surface area (Å²) in [6.07, 6.45) is 3.14. The summed E-state index contributed by atoms with van der Waals surface area (Å²) in [5, 5.41) is 5.62. The molecule has 8 heteroatoms. The van der Waals surface area contributed by atoms with Gasteiger partial charge in [0.2, 0.25) is 5.91 Å². The Kier molecular flexibility index (Phi) is 6.24. The number of hydrogen-bond acceptors (Lipinski definition) is 5. The third kappa shape index (κ3) is 4.63. The van der Waals surface area contributed by atoms with E-state index < -0.39 is 11.6 Å². The Hall–Kier alpha value is -3.39. The molecule has 1 aliphatic carbocycles. The van der Waals surface area contributed by atoms with Crippen LogP contribution in [0.3, 0.4) is 0 Å². The van der Waals surface area contributed by atoms with E-state index in [1.165, 1.54) is 5.56 Å². The molecule has 2 aromatic rings. The van der Waals surface area contributed by atoms with Gasteiger partial charge in [-0.3, -0.25) is 19.4 Å². The Balaban J connectivity index is 1.11. The summed E-state index contributed by atoms with van der Waals surface area (Å²) in [6.45, 7) is 4.61. The predicted octanol–water partition coefficient (Wildman–Crippen LogP) is 2.81. The molecule has 0 radical (unpaired) electrons. The average molecular weight is 462 g/mol. The highest BCUT2D eigenvalue weighted by Gasteiger charge is 2.52. The topological polar surface area (TPSA) is 85.0 Å². The maximum Gasteiger partial charge on any atom is 0.325 e. The van der Waals surface area contributed by atoms with E-state index in [-0.39, 0.29) is 18.4 Å². The van der Waals surface area contributed by atoms with Crippen LogP contribution >= 0.6 is 0 Å². The van der Waals surface area contributed by atoms with Crippen LogP contribution in [0.1, 0.15) is 31.2 Å². The van der Waals surface area contributed by atoms with Crippen LogP contribution in [-0.4, -0.2) is 65.9 Å². The van der Waals surface area contributed by atoms with Gasteiger partial charge in [0.05, 0.1) is 0 Å². The predicted molar refractivity (Wildman–Crippen MR) is 130 cm³/mol. The van der Waals surface area contributed by atoms with Crippen molar-refractivity contribution < 1.29 is 14.4 Å². The number of imide groups is 1. The van der Waals surface area contributed by atoms with Gasteiger partial charge in [-0.1, -0.05) is 43.2 Å². The lowest BCUT2D eigenvalue weighted by Crippen LogP contribution is -2.45. The van der Waals surface area contributed by atoms with Gasteiger partial charge in [-0.25, -0.2) is 4.79 Å². The molecule has 2 N–H and O–H groups in total. The normalized spacial score (nSPS) is 20.1. The first-order valence-electron chi connectivity index (χ1n) is 12.1. The van der Waals surface area contributed by atoms with Crippen molar-refractivity contribution in [2.75, 3.05) is 42.9 Å². The zero-order chi connectivity index (χ0) is 23.5. The largest absolute Gasteiger partial charge is 0.369 e. The zero-order valence-electron chi connectivity index (χ0n) is 19.3. The second kappa shape index (κ2) is 9.46. The summed E-state index contributed by atoms with van der Waals surface area (Å²) >= 11 is 0. The number of amides is 4. The van der Waals surface area contributed by atoms with Crippen molar-refractivity contribution in [2.45, 2.75) is 37.8 Å². The maximum atomic E-state index is 12.7. The first-order valence-corrected chi connectivity index (χ1v) is 12.1. The molecule has 4 amide bonds. The Morgan fingerprint density at radius 2 is 1.59 bits per heavy atom. The molecule has 1 saturated carbocycles. The van der Waals surface area contributed by atoms with E-state index in [2.05, 4.69) is 44.7 Å². The highest BCUT2D eigenvalue weighted by Crippen LogP contribution is 2.35. The number of benzene rings is 2. The first kappa shape index (κ1) is 22.4. The van der Waals surface area contributed by atoms with Crippen LogP contribution in [0, 0.1) is 0 Å². The van der Waals surface area contributed by atoms with E-state index in [4.69, 9.17) is 0 Å². The molecule has 2 heterocycles. The second-order valence-corrected chi connectivity index (χ2v) is 9.45. The lowest BCUT2D eigenvalue weighted by molar-refractivity contribution is -0.133. The number of nitrogens with zero attached hydrogens (tertiary/aromatic N) is 3. The van der Waals surface area contributed by atoms with E-state index in [9.17, 15) is 14.4 Å². The number of piperazine rings is 1. The molecular formula is C26H31N5O3. The minimum Gasteiger partial charge on any atom is -0.369 e. The van der Waals surface area contributed by atoms with Gasteiger partial charge in [-0.15, -0.1) is 0 Å². The summed E-state index contributed by atoms with van der Waals surface area (Å²) in [7, 11) is 0. The van der Waals surface area contributed by atoms with Gasteiger partial charge >= 0.3 is 6.03 Å². The molecule has 0 atom stereocenters. The van der Waals surface area contributed by atoms with Gasteiger partial charge in [0.15, 0.2) is 0 Å². The van der Waals surface area contributed by atoms with Gasteiger partial charge in [0, 0.05) is 44.1 Å². The molecule has 0 unspecified atom stereocenters. The second-order valence-electron chi connectivity index (χ2n) is 9.45. The van der Waals surface area contributed by atoms with Gasteiger partial charge < -0.3 is 15.5 Å². The molecule has 2 saturated heterocycles. The van der Waals surface area contributed by atoms with Crippen molar-refractivity contribution >= 4 is 29.2 Å². The number of rotatable bonds is 6. The third-order valence-corrected chi connectivity index (χ3v) is 7.14. The van der Waals surface area contributed by atoms with Crippen LogP contribution in [0.25, 0.3) is 0 Å². The third-order valence-electron chi connectivity index (χ3n) is 7.14. The fourth-order valence-corrected chi connectivity index (χ4v) is 5.24. The molecule has 2 aliphatic heterocycles. The number of urea groups is 1. The summed E-state index contributed by atoms with van der Waals surface area (Å²) in [6, 6.07) is 17.8. The Morgan fingerprint density at radius 1 is 0.912 bits per heavy atom. The molecule has 8 nitrogen and oxygen atoms in total. The number of hydrogen-bond donors (Lipinski definition) is 2. The highest BCUT2D eigenvalue weighted by molar-refractivity contribution is 6.10. The maximum absolute atomic E-state index is 12.7. The summed E-state index contributed by atoms with van der Waals surface area (Å²) < 4.78 is 0. The van der Waals surface area contributed by atoms with E-state index in [0.717, 1.165) is 56.2 Å². The molecule has 3 fully saturated rings. The van der Waals surface area contributed by atoms with Crippen LogP contribution < -0.4 is 15.5 Å². The average Bonchev–Trinajstić information content (AvgIpc) is 3.41. The number of carbonyl (C=O) groups excluding carboxylic acids is 3. The van der Waals surface area contributed by atoms with Crippen LogP contribution in [0.5, 0.6) is 0 Å². The SMILES string of the molecule is O=C(CN1C(=O)NC2(CCCC2)C1=O)Nc1ccc(N2CCN(Cc3ccccc3)CC2)cc1. The van der Waals surface area contributed by atoms with Crippen molar-refractivity contribution in [1.29, 1.82) is 0 Å². The van der Waals surface area contributed by atoms with Gasteiger partial charge in [-0.2, -0.15) is 0 Å². The minimum atomic E-state index is -0.788. The van der Waals surface area contributed by atoms with Crippen molar-refractivity contribution in [1.82, 2.24) is 15.1 Å². The van der Waals surface area contributed by atoms with E-state index in [1.54, 1.807) is 0 Å². The van der Waals surface area contributed by atoms with Crippen molar-refractivity contribution in [3.63, 3.8) is 0 Å². The van der Waals surface area contributed by atoms with Crippen molar-refractivity contribution in [2.24, 2.45) is 0 Å². The van der Waals surface area contributed by atoms with E-state index >= 15 is 0 Å².